The van der Waals surface area contributed by atoms with Gasteiger partial charge in [0.1, 0.15) is 9.90 Å². The molecule has 0 aliphatic rings. The highest BCUT2D eigenvalue weighted by Gasteiger charge is 2.17. The van der Waals surface area contributed by atoms with E-state index in [1.165, 1.54) is 23.1 Å². The average molecular weight is 464 g/mol. The van der Waals surface area contributed by atoms with Crippen LogP contribution in [-0.4, -0.2) is 45.3 Å². The van der Waals surface area contributed by atoms with Crippen molar-refractivity contribution in [1.82, 2.24) is 15.2 Å². The van der Waals surface area contributed by atoms with Gasteiger partial charge in [-0.1, -0.05) is 29.2 Å². The Kier molecular flexibility index (Phi) is 7.49. The molecule has 156 valence electrons. The van der Waals surface area contributed by atoms with Crippen LogP contribution in [0.15, 0.2) is 34.7 Å². The van der Waals surface area contributed by atoms with Crippen LogP contribution in [0.3, 0.4) is 0 Å². The van der Waals surface area contributed by atoms with Crippen molar-refractivity contribution in [2.75, 3.05) is 23.0 Å². The smallest absolute Gasteiger partial charge is 0.350 e. The lowest BCUT2D eigenvalue weighted by atomic mass is 10.4. The number of carbonyl (C=O) groups excluding carboxylic acids is 3. The Hall–Kier alpha value is -2.83. The fourth-order valence-electron chi connectivity index (χ4n) is 2.18. The van der Waals surface area contributed by atoms with Crippen LogP contribution in [0.4, 0.5) is 10.9 Å². The Bertz CT molecular complexity index is 1030. The van der Waals surface area contributed by atoms with E-state index in [9.17, 15) is 14.4 Å². The van der Waals surface area contributed by atoms with Crippen molar-refractivity contribution in [3.8, 4) is 0 Å². The Morgan fingerprint density at radius 2 is 2.00 bits per heavy atom. The molecule has 0 spiro atoms. The Morgan fingerprint density at radius 3 is 2.67 bits per heavy atom. The van der Waals surface area contributed by atoms with Gasteiger partial charge < -0.3 is 15.4 Å². The number of carbonyl (C=O) groups is 3. The van der Waals surface area contributed by atoms with Gasteiger partial charge in [0.15, 0.2) is 10.9 Å². The number of amides is 2. The maximum atomic E-state index is 12.2. The van der Waals surface area contributed by atoms with Crippen molar-refractivity contribution in [3.63, 3.8) is 0 Å². The van der Waals surface area contributed by atoms with E-state index >= 15 is 0 Å². The largest absolute Gasteiger partial charge is 0.462 e. The molecule has 3 rings (SSSR count). The first-order valence-corrected chi connectivity index (χ1v) is 11.4. The van der Waals surface area contributed by atoms with Gasteiger partial charge in [0.05, 0.1) is 22.9 Å². The Labute approximate surface area is 184 Å². The molecule has 0 atom stereocenters. The zero-order valence-electron chi connectivity index (χ0n) is 16.0. The first kappa shape index (κ1) is 21.9. The standard InChI is InChI=1S/C18H17N5O4S3/c1-3-27-17(26)15-10(2)19-18(30-15)21-13(24)9-29-14-7-6-12(22-23-14)20-16(25)11-5-4-8-28-11/h4-8H,3,9H2,1-2H3,(H,19,21,24)(H,20,22,25). The summed E-state index contributed by atoms with van der Waals surface area (Å²) in [4.78, 5) is 41.1. The van der Waals surface area contributed by atoms with Crippen LogP contribution < -0.4 is 10.6 Å². The van der Waals surface area contributed by atoms with Crippen LogP contribution in [0, 0.1) is 6.92 Å². The lowest BCUT2D eigenvalue weighted by Crippen LogP contribution is -2.14. The van der Waals surface area contributed by atoms with Crippen molar-refractivity contribution >= 4 is 63.2 Å². The van der Waals surface area contributed by atoms with E-state index in [0.29, 0.717) is 31.4 Å². The summed E-state index contributed by atoms with van der Waals surface area (Å²) in [5, 5.41) is 15.9. The highest BCUT2D eigenvalue weighted by Crippen LogP contribution is 2.24. The van der Waals surface area contributed by atoms with Crippen LogP contribution in [0.2, 0.25) is 0 Å². The molecule has 3 aromatic heterocycles. The minimum absolute atomic E-state index is 0.0863. The summed E-state index contributed by atoms with van der Waals surface area (Å²) in [5.41, 5.74) is 0.507. The van der Waals surface area contributed by atoms with Crippen LogP contribution in [-0.2, 0) is 9.53 Å². The maximum absolute atomic E-state index is 12.2. The maximum Gasteiger partial charge on any atom is 0.350 e. The predicted molar refractivity (Wildman–Crippen MR) is 116 cm³/mol. The van der Waals surface area contributed by atoms with Crippen LogP contribution in [0.25, 0.3) is 0 Å². The molecule has 9 nitrogen and oxygen atoms in total. The quantitative estimate of drug-likeness (QED) is 0.385. The SMILES string of the molecule is CCOC(=O)c1sc(NC(=O)CSc2ccc(NC(=O)c3cccs3)nn2)nc1C. The van der Waals surface area contributed by atoms with Gasteiger partial charge in [-0.05, 0) is 37.4 Å². The van der Waals surface area contributed by atoms with Gasteiger partial charge in [0, 0.05) is 0 Å². The zero-order chi connectivity index (χ0) is 21.5. The summed E-state index contributed by atoms with van der Waals surface area (Å²) in [5.74, 6) is -0.583. The van der Waals surface area contributed by atoms with Crippen LogP contribution >= 0.6 is 34.4 Å². The van der Waals surface area contributed by atoms with Gasteiger partial charge in [0.25, 0.3) is 5.91 Å². The monoisotopic (exact) mass is 463 g/mol. The molecule has 0 bridgehead atoms. The zero-order valence-corrected chi connectivity index (χ0v) is 18.4. The van der Waals surface area contributed by atoms with E-state index in [-0.39, 0.29) is 24.2 Å². The molecule has 2 amide bonds. The molecule has 12 heteroatoms. The number of thioether (sulfide) groups is 1. The molecule has 30 heavy (non-hydrogen) atoms. The number of rotatable bonds is 8. The molecule has 0 radical (unpaired) electrons. The van der Waals surface area contributed by atoms with E-state index in [0.717, 1.165) is 11.3 Å². The van der Waals surface area contributed by atoms with E-state index < -0.39 is 5.97 Å². The first-order chi connectivity index (χ1) is 14.5. The molecular formula is C18H17N5O4S3. The van der Waals surface area contributed by atoms with Gasteiger partial charge in [-0.3, -0.25) is 9.59 Å². The van der Waals surface area contributed by atoms with Gasteiger partial charge in [-0.15, -0.1) is 21.5 Å². The second-order valence-electron chi connectivity index (χ2n) is 5.68. The molecule has 3 heterocycles. The van der Waals surface area contributed by atoms with Gasteiger partial charge in [-0.2, -0.15) is 0 Å². The fourth-order valence-corrected chi connectivity index (χ4v) is 4.29. The number of hydrogen-bond donors (Lipinski definition) is 2. The van der Waals surface area contributed by atoms with Crippen molar-refractivity contribution in [2.24, 2.45) is 0 Å². The van der Waals surface area contributed by atoms with Crippen molar-refractivity contribution < 1.29 is 19.1 Å². The van der Waals surface area contributed by atoms with E-state index in [2.05, 4.69) is 25.8 Å². The third kappa shape index (κ3) is 5.84. The molecule has 0 fully saturated rings. The van der Waals surface area contributed by atoms with Gasteiger partial charge >= 0.3 is 5.97 Å². The van der Waals surface area contributed by atoms with Gasteiger partial charge in [0.2, 0.25) is 5.91 Å². The topological polar surface area (TPSA) is 123 Å². The molecule has 3 aromatic rings. The van der Waals surface area contributed by atoms with Gasteiger partial charge in [-0.25, -0.2) is 9.78 Å². The average Bonchev–Trinajstić information content (AvgIpc) is 3.38. The van der Waals surface area contributed by atoms with E-state index in [1.54, 1.807) is 38.1 Å². The molecule has 0 aromatic carbocycles. The van der Waals surface area contributed by atoms with Crippen LogP contribution in [0.1, 0.15) is 32.0 Å². The molecule has 2 N–H and O–H groups in total. The number of anilines is 2. The minimum atomic E-state index is -0.455. The molecule has 0 aliphatic heterocycles. The number of thiazole rings is 1. The number of thiophene rings is 1. The second-order valence-corrected chi connectivity index (χ2v) is 8.62. The second kappa shape index (κ2) is 10.3. The van der Waals surface area contributed by atoms with E-state index in [4.69, 9.17) is 4.74 Å². The van der Waals surface area contributed by atoms with Crippen LogP contribution in [0.5, 0.6) is 0 Å². The lowest BCUT2D eigenvalue weighted by Gasteiger charge is -2.04. The van der Waals surface area contributed by atoms with Crippen molar-refractivity contribution in [1.29, 1.82) is 0 Å². The normalized spacial score (nSPS) is 10.5. The summed E-state index contributed by atoms with van der Waals surface area (Å²) >= 11 is 3.59. The fraction of sp³-hybridized carbons (Fsp3) is 0.222. The number of aromatic nitrogens is 3. The Balaban J connectivity index is 1.49. The third-order valence-corrected chi connectivity index (χ3v) is 6.32. The number of ether oxygens (including phenoxy) is 1. The summed E-state index contributed by atoms with van der Waals surface area (Å²) < 4.78 is 4.96. The molecule has 0 saturated heterocycles. The summed E-state index contributed by atoms with van der Waals surface area (Å²) in [6.45, 7) is 3.68. The summed E-state index contributed by atoms with van der Waals surface area (Å²) in [6, 6.07) is 6.80. The molecule has 0 unspecified atom stereocenters. The summed E-state index contributed by atoms with van der Waals surface area (Å²) in [6.07, 6.45) is 0. The number of nitrogens with one attached hydrogen (secondary N) is 2. The van der Waals surface area contributed by atoms with Crippen molar-refractivity contribution in [3.05, 3.63) is 45.1 Å². The van der Waals surface area contributed by atoms with Crippen molar-refractivity contribution in [2.45, 2.75) is 18.9 Å². The predicted octanol–water partition coefficient (Wildman–Crippen LogP) is 3.46. The minimum Gasteiger partial charge on any atom is -0.462 e. The molecule has 0 saturated carbocycles. The lowest BCUT2D eigenvalue weighted by molar-refractivity contribution is -0.113. The number of hydrogen-bond acceptors (Lipinski definition) is 10. The molecular weight excluding hydrogens is 446 g/mol. The highest BCUT2D eigenvalue weighted by atomic mass is 32.2. The Morgan fingerprint density at radius 1 is 1.17 bits per heavy atom. The number of aryl methyl sites for hydroxylation is 1. The van der Waals surface area contributed by atoms with E-state index in [1.807, 2.05) is 5.38 Å². The first-order valence-electron chi connectivity index (χ1n) is 8.72. The highest BCUT2D eigenvalue weighted by molar-refractivity contribution is 7.99. The summed E-state index contributed by atoms with van der Waals surface area (Å²) in [7, 11) is 0. The number of esters is 1. The third-order valence-electron chi connectivity index (χ3n) is 3.48. The molecule has 0 aliphatic carbocycles. The number of nitrogens with zero attached hydrogens (tertiary/aromatic N) is 3.